The lowest BCUT2D eigenvalue weighted by Crippen LogP contribution is -2.51. The van der Waals surface area contributed by atoms with E-state index in [1.54, 1.807) is 12.1 Å². The third-order valence-electron chi connectivity index (χ3n) is 7.23. The van der Waals surface area contributed by atoms with Gasteiger partial charge in [0.05, 0.1) is 11.8 Å². The van der Waals surface area contributed by atoms with Gasteiger partial charge >= 0.3 is 0 Å². The Hall–Kier alpha value is -3.81. The summed E-state index contributed by atoms with van der Waals surface area (Å²) in [6.45, 7) is 2.48. The van der Waals surface area contributed by atoms with Gasteiger partial charge in [-0.1, -0.05) is 61.5 Å². The molecule has 0 saturated carbocycles. The van der Waals surface area contributed by atoms with Crippen LogP contribution in [0.1, 0.15) is 43.7 Å². The number of carbonyl (C=O) groups is 4. The molecule has 4 rings (SSSR count). The van der Waals surface area contributed by atoms with Crippen LogP contribution in [0.25, 0.3) is 0 Å². The molecular weight excluding hydrogens is 485 g/mol. The van der Waals surface area contributed by atoms with Gasteiger partial charge in [-0.2, -0.15) is 0 Å². The van der Waals surface area contributed by atoms with Crippen LogP contribution >= 0.6 is 0 Å². The number of benzene rings is 2. The van der Waals surface area contributed by atoms with Crippen LogP contribution in [0.3, 0.4) is 0 Å². The second-order valence-corrected chi connectivity index (χ2v) is 9.88. The molecule has 1 aliphatic carbocycles. The number of nitrogens with one attached hydrogen (secondary N) is 1. The van der Waals surface area contributed by atoms with Gasteiger partial charge in [-0.25, -0.2) is 4.39 Å². The van der Waals surface area contributed by atoms with Gasteiger partial charge in [-0.05, 0) is 42.5 Å². The molecule has 7 nitrogen and oxygen atoms in total. The maximum atomic E-state index is 13.7. The average molecular weight is 520 g/mol. The first-order valence-corrected chi connectivity index (χ1v) is 13.2. The highest BCUT2D eigenvalue weighted by Gasteiger charge is 2.47. The van der Waals surface area contributed by atoms with Gasteiger partial charge in [-0.3, -0.25) is 24.1 Å². The van der Waals surface area contributed by atoms with E-state index in [-0.39, 0.29) is 55.0 Å². The van der Waals surface area contributed by atoms with Crippen LogP contribution in [0.15, 0.2) is 66.7 Å². The monoisotopic (exact) mass is 519 g/mol. The zero-order valence-electron chi connectivity index (χ0n) is 21.6. The van der Waals surface area contributed by atoms with Crippen molar-refractivity contribution in [3.05, 3.63) is 83.7 Å². The molecule has 2 aromatic rings. The predicted octanol–water partition coefficient (Wildman–Crippen LogP) is 3.63. The molecule has 1 saturated heterocycles. The number of halogens is 1. The Labute approximate surface area is 222 Å². The van der Waals surface area contributed by atoms with Crippen molar-refractivity contribution >= 4 is 23.6 Å². The zero-order valence-corrected chi connectivity index (χ0v) is 21.6. The molecule has 0 radical (unpaired) electrons. The molecule has 1 heterocycles. The third-order valence-corrected chi connectivity index (χ3v) is 7.23. The minimum absolute atomic E-state index is 0.0297. The van der Waals surface area contributed by atoms with Crippen molar-refractivity contribution in [2.75, 3.05) is 13.1 Å². The SMILES string of the molecule is CCCNC(=O)[C@@H](Cc1ccccc1)N(Cc1ccc(F)cc1)C(=O)CCN1C(=O)[C@H]2CC=CC[C@H]2C1=O. The predicted molar refractivity (Wildman–Crippen MR) is 141 cm³/mol. The average Bonchev–Trinajstić information content (AvgIpc) is 3.18. The first kappa shape index (κ1) is 27.2. The van der Waals surface area contributed by atoms with Crippen molar-refractivity contribution in [2.45, 2.75) is 51.6 Å². The molecule has 0 bridgehead atoms. The number of allylic oxidation sites excluding steroid dienone is 2. The molecule has 3 atom stereocenters. The summed E-state index contributed by atoms with van der Waals surface area (Å²) in [5.41, 5.74) is 1.56. The van der Waals surface area contributed by atoms with Gasteiger partial charge in [0.2, 0.25) is 23.6 Å². The molecule has 0 unspecified atom stereocenters. The van der Waals surface area contributed by atoms with Crippen LogP contribution in [0.4, 0.5) is 4.39 Å². The molecule has 200 valence electrons. The van der Waals surface area contributed by atoms with Gasteiger partial charge in [0.1, 0.15) is 11.9 Å². The third kappa shape index (κ3) is 6.36. The second kappa shape index (κ2) is 12.6. The molecule has 1 N–H and O–H groups in total. The van der Waals surface area contributed by atoms with Crippen LogP contribution in [0.5, 0.6) is 0 Å². The summed E-state index contributed by atoms with van der Waals surface area (Å²) < 4.78 is 13.6. The number of nitrogens with zero attached hydrogens (tertiary/aromatic N) is 2. The molecule has 2 aromatic carbocycles. The normalized spacial score (nSPS) is 19.3. The lowest BCUT2D eigenvalue weighted by molar-refractivity contribution is -0.144. The molecule has 0 spiro atoms. The Morgan fingerprint density at radius 1 is 0.974 bits per heavy atom. The van der Waals surface area contributed by atoms with Crippen LogP contribution < -0.4 is 5.32 Å². The number of imide groups is 1. The summed E-state index contributed by atoms with van der Waals surface area (Å²) in [6.07, 6.45) is 5.86. The van der Waals surface area contributed by atoms with Crippen molar-refractivity contribution in [1.29, 1.82) is 0 Å². The fourth-order valence-electron chi connectivity index (χ4n) is 5.15. The molecule has 1 fully saturated rings. The number of hydrogen-bond donors (Lipinski definition) is 1. The topological polar surface area (TPSA) is 86.8 Å². The van der Waals surface area contributed by atoms with Crippen LogP contribution in [0, 0.1) is 17.7 Å². The Bertz CT molecular complexity index is 1160. The summed E-state index contributed by atoms with van der Waals surface area (Å²) in [7, 11) is 0. The van der Waals surface area contributed by atoms with Gasteiger partial charge < -0.3 is 10.2 Å². The summed E-state index contributed by atoms with van der Waals surface area (Å²) >= 11 is 0. The highest BCUT2D eigenvalue weighted by molar-refractivity contribution is 6.05. The molecule has 1 aliphatic heterocycles. The van der Waals surface area contributed by atoms with Gasteiger partial charge in [0.25, 0.3) is 0 Å². The van der Waals surface area contributed by atoms with E-state index in [0.29, 0.717) is 31.4 Å². The number of hydrogen-bond acceptors (Lipinski definition) is 4. The maximum Gasteiger partial charge on any atom is 0.243 e. The van der Waals surface area contributed by atoms with E-state index in [0.717, 1.165) is 12.0 Å². The summed E-state index contributed by atoms with van der Waals surface area (Å²) in [6, 6.07) is 14.4. The zero-order chi connectivity index (χ0) is 27.1. The Morgan fingerprint density at radius 2 is 1.61 bits per heavy atom. The van der Waals surface area contributed by atoms with E-state index in [4.69, 9.17) is 0 Å². The van der Waals surface area contributed by atoms with Crippen LogP contribution in [-0.4, -0.2) is 52.6 Å². The molecule has 4 amide bonds. The first-order chi connectivity index (χ1) is 18.4. The van der Waals surface area contributed by atoms with Gasteiger partial charge in [-0.15, -0.1) is 0 Å². The summed E-state index contributed by atoms with van der Waals surface area (Å²) in [5.74, 6) is -2.21. The van der Waals surface area contributed by atoms with Gasteiger partial charge in [0.15, 0.2) is 0 Å². The smallest absolute Gasteiger partial charge is 0.243 e. The largest absolute Gasteiger partial charge is 0.354 e. The lowest BCUT2D eigenvalue weighted by atomic mass is 9.85. The quantitative estimate of drug-likeness (QED) is 0.363. The van der Waals surface area contributed by atoms with E-state index < -0.39 is 11.9 Å². The Kier molecular flexibility index (Phi) is 9.05. The highest BCUT2D eigenvalue weighted by Crippen LogP contribution is 2.35. The minimum Gasteiger partial charge on any atom is -0.354 e. The highest BCUT2D eigenvalue weighted by atomic mass is 19.1. The summed E-state index contributed by atoms with van der Waals surface area (Å²) in [4.78, 5) is 55.6. The first-order valence-electron chi connectivity index (χ1n) is 13.2. The van der Waals surface area contributed by atoms with Crippen molar-refractivity contribution in [3.63, 3.8) is 0 Å². The van der Waals surface area contributed by atoms with E-state index in [1.807, 2.05) is 49.4 Å². The van der Waals surface area contributed by atoms with Crippen molar-refractivity contribution in [1.82, 2.24) is 15.1 Å². The number of likely N-dealkylation sites (tertiary alicyclic amines) is 1. The van der Waals surface area contributed by atoms with E-state index >= 15 is 0 Å². The standard InChI is InChI=1S/C30H34FN3O4/c1-2-17-32-28(36)26(19-21-8-4-3-5-9-21)34(20-22-12-14-23(31)15-13-22)27(35)16-18-33-29(37)24-10-6-7-11-25(24)30(33)38/h3-9,12-15,24-26H,2,10-11,16-20H2,1H3,(H,32,36)/t24-,25+,26-/m1/s1. The van der Waals surface area contributed by atoms with E-state index in [9.17, 15) is 23.6 Å². The van der Waals surface area contributed by atoms with Crippen LogP contribution in [-0.2, 0) is 32.1 Å². The van der Waals surface area contributed by atoms with Crippen molar-refractivity contribution < 1.29 is 23.6 Å². The maximum absolute atomic E-state index is 13.7. The second-order valence-electron chi connectivity index (χ2n) is 9.88. The van der Waals surface area contributed by atoms with Crippen LogP contribution in [0.2, 0.25) is 0 Å². The molecule has 2 aliphatic rings. The number of fused-ring (bicyclic) bond motifs is 1. The van der Waals surface area contributed by atoms with Gasteiger partial charge in [0, 0.05) is 32.5 Å². The van der Waals surface area contributed by atoms with E-state index in [1.165, 1.54) is 21.9 Å². The Morgan fingerprint density at radius 3 is 2.21 bits per heavy atom. The molecule has 8 heteroatoms. The molecule has 38 heavy (non-hydrogen) atoms. The fourth-order valence-corrected chi connectivity index (χ4v) is 5.15. The lowest BCUT2D eigenvalue weighted by Gasteiger charge is -2.32. The minimum atomic E-state index is -0.821. The fraction of sp³-hybridized carbons (Fsp3) is 0.400. The number of rotatable bonds is 11. The number of amides is 4. The Balaban J connectivity index is 1.57. The molecular formula is C30H34FN3O4. The van der Waals surface area contributed by atoms with E-state index in [2.05, 4.69) is 5.32 Å². The summed E-state index contributed by atoms with van der Waals surface area (Å²) in [5, 5.41) is 2.91. The molecule has 0 aromatic heterocycles. The van der Waals surface area contributed by atoms with Crippen molar-refractivity contribution in [2.24, 2.45) is 11.8 Å². The van der Waals surface area contributed by atoms with Crippen molar-refractivity contribution in [3.8, 4) is 0 Å². The number of carbonyl (C=O) groups excluding carboxylic acids is 4.